The molecule has 0 heterocycles. The van der Waals surface area contributed by atoms with Gasteiger partial charge in [0, 0.05) is 16.6 Å². The number of benzene rings is 4. The van der Waals surface area contributed by atoms with Crippen LogP contribution >= 0.6 is 0 Å². The molecule has 2 heteroatoms. The molecule has 0 aliphatic carbocycles. The van der Waals surface area contributed by atoms with Crippen LogP contribution < -0.4 is 5.32 Å². The van der Waals surface area contributed by atoms with Gasteiger partial charge in [0.15, 0.2) is 0 Å². The summed E-state index contributed by atoms with van der Waals surface area (Å²) in [5, 5.41) is 18.7. The Kier molecular flexibility index (Phi) is 3.90. The van der Waals surface area contributed by atoms with Gasteiger partial charge in [-0.15, -0.1) is 0 Å². The molecule has 0 radical (unpaired) electrons. The maximum atomic E-state index is 10.4. The average molecular weight is 327 g/mol. The first kappa shape index (κ1) is 15.7. The fourth-order valence-electron chi connectivity index (χ4n) is 3.64. The summed E-state index contributed by atoms with van der Waals surface area (Å²) in [6.07, 6.45) is -0.540. The molecular formula is C23H21NO. The van der Waals surface area contributed by atoms with E-state index in [4.69, 9.17) is 0 Å². The highest BCUT2D eigenvalue weighted by Gasteiger charge is 2.16. The summed E-state index contributed by atoms with van der Waals surface area (Å²) in [6.45, 7) is 3.89. The zero-order chi connectivity index (χ0) is 17.4. The molecule has 4 rings (SSSR count). The van der Waals surface area contributed by atoms with Gasteiger partial charge in [-0.1, -0.05) is 60.7 Å². The van der Waals surface area contributed by atoms with E-state index in [0.717, 1.165) is 27.9 Å². The number of aliphatic hydroxyl groups excluding tert-OH is 1. The molecule has 0 aliphatic heterocycles. The summed E-state index contributed by atoms with van der Waals surface area (Å²) in [5.41, 5.74) is 4.05. The zero-order valence-corrected chi connectivity index (χ0v) is 14.5. The summed E-state index contributed by atoms with van der Waals surface area (Å²) in [5.74, 6) is 0. The van der Waals surface area contributed by atoms with E-state index in [9.17, 15) is 5.11 Å². The molecule has 0 saturated heterocycles. The van der Waals surface area contributed by atoms with E-state index < -0.39 is 6.10 Å². The van der Waals surface area contributed by atoms with Gasteiger partial charge >= 0.3 is 0 Å². The molecule has 1 unspecified atom stereocenters. The number of fused-ring (bicyclic) bond motifs is 3. The third-order valence-electron chi connectivity index (χ3n) is 4.76. The topological polar surface area (TPSA) is 32.3 Å². The van der Waals surface area contributed by atoms with Crippen molar-refractivity contribution in [3.8, 4) is 0 Å². The fourth-order valence-corrected chi connectivity index (χ4v) is 3.64. The summed E-state index contributed by atoms with van der Waals surface area (Å²) in [6, 6.07) is 25.0. The lowest BCUT2D eigenvalue weighted by molar-refractivity contribution is 0.199. The van der Waals surface area contributed by atoms with Crippen LogP contribution in [0.1, 0.15) is 24.2 Å². The molecule has 25 heavy (non-hydrogen) atoms. The second-order valence-electron chi connectivity index (χ2n) is 6.53. The number of nitrogens with one attached hydrogen (secondary N) is 1. The monoisotopic (exact) mass is 327 g/mol. The minimum atomic E-state index is -0.540. The molecule has 0 fully saturated rings. The van der Waals surface area contributed by atoms with Gasteiger partial charge < -0.3 is 10.4 Å². The minimum Gasteiger partial charge on any atom is -0.389 e. The van der Waals surface area contributed by atoms with E-state index in [0.29, 0.717) is 0 Å². The summed E-state index contributed by atoms with van der Waals surface area (Å²) < 4.78 is 0. The molecule has 4 aromatic rings. The van der Waals surface area contributed by atoms with Gasteiger partial charge in [-0.25, -0.2) is 0 Å². The molecule has 0 bridgehead atoms. The van der Waals surface area contributed by atoms with Crippen molar-refractivity contribution >= 4 is 32.9 Å². The molecule has 0 aromatic heterocycles. The third kappa shape index (κ3) is 2.75. The molecule has 124 valence electrons. The molecule has 0 saturated carbocycles. The Hall–Kier alpha value is -2.84. The van der Waals surface area contributed by atoms with E-state index in [1.54, 1.807) is 0 Å². The van der Waals surface area contributed by atoms with E-state index in [-0.39, 0.29) is 0 Å². The van der Waals surface area contributed by atoms with Crippen molar-refractivity contribution < 1.29 is 5.11 Å². The van der Waals surface area contributed by atoms with Crippen molar-refractivity contribution in [2.45, 2.75) is 20.0 Å². The summed E-state index contributed by atoms with van der Waals surface area (Å²) >= 11 is 0. The van der Waals surface area contributed by atoms with Crippen molar-refractivity contribution in [3.05, 3.63) is 83.9 Å². The van der Waals surface area contributed by atoms with Crippen LogP contribution in [0.3, 0.4) is 0 Å². The smallest absolute Gasteiger partial charge is 0.0784 e. The Bertz CT molecular complexity index is 1050. The van der Waals surface area contributed by atoms with Gasteiger partial charge in [0.25, 0.3) is 0 Å². The molecular weight excluding hydrogens is 306 g/mol. The highest BCUT2D eigenvalue weighted by Crippen LogP contribution is 2.39. The van der Waals surface area contributed by atoms with Crippen LogP contribution in [-0.2, 0) is 0 Å². The Morgan fingerprint density at radius 1 is 0.800 bits per heavy atom. The first-order valence-electron chi connectivity index (χ1n) is 8.60. The van der Waals surface area contributed by atoms with Crippen LogP contribution in [-0.4, -0.2) is 5.11 Å². The SMILES string of the molecule is Cc1cc2c(ccc3ccccc32)c(Nc2ccccc2)c1C(C)O. The molecule has 4 aromatic carbocycles. The highest BCUT2D eigenvalue weighted by molar-refractivity contribution is 6.12. The van der Waals surface area contributed by atoms with Crippen molar-refractivity contribution in [2.24, 2.45) is 0 Å². The molecule has 2 N–H and O–H groups in total. The minimum absolute atomic E-state index is 0.540. The summed E-state index contributed by atoms with van der Waals surface area (Å²) in [7, 11) is 0. The lowest BCUT2D eigenvalue weighted by atomic mass is 9.92. The highest BCUT2D eigenvalue weighted by atomic mass is 16.3. The molecule has 2 nitrogen and oxygen atoms in total. The van der Waals surface area contributed by atoms with Crippen molar-refractivity contribution in [2.75, 3.05) is 5.32 Å². The van der Waals surface area contributed by atoms with E-state index in [1.807, 2.05) is 37.3 Å². The molecule has 0 spiro atoms. The normalized spacial score (nSPS) is 12.4. The average Bonchev–Trinajstić information content (AvgIpc) is 2.62. The number of para-hydroxylation sites is 1. The predicted molar refractivity (Wildman–Crippen MR) is 107 cm³/mol. The maximum Gasteiger partial charge on any atom is 0.0784 e. The van der Waals surface area contributed by atoms with Gasteiger partial charge in [0.2, 0.25) is 0 Å². The maximum absolute atomic E-state index is 10.4. The quantitative estimate of drug-likeness (QED) is 0.446. The number of hydrogen-bond acceptors (Lipinski definition) is 2. The first-order chi connectivity index (χ1) is 12.1. The van der Waals surface area contributed by atoms with Gasteiger partial charge in [-0.3, -0.25) is 0 Å². The second kappa shape index (κ2) is 6.23. The van der Waals surface area contributed by atoms with E-state index >= 15 is 0 Å². The van der Waals surface area contributed by atoms with Crippen LogP contribution in [0.4, 0.5) is 11.4 Å². The van der Waals surface area contributed by atoms with Crippen LogP contribution in [0.2, 0.25) is 0 Å². The fraction of sp³-hybridized carbons (Fsp3) is 0.130. The summed E-state index contributed by atoms with van der Waals surface area (Å²) in [4.78, 5) is 0. The van der Waals surface area contributed by atoms with Gasteiger partial charge in [0.1, 0.15) is 0 Å². The first-order valence-corrected chi connectivity index (χ1v) is 8.60. The number of hydrogen-bond donors (Lipinski definition) is 2. The van der Waals surface area contributed by atoms with Crippen molar-refractivity contribution in [3.63, 3.8) is 0 Å². The Labute approximate surface area is 147 Å². The predicted octanol–water partition coefficient (Wildman–Crippen LogP) is 6.10. The van der Waals surface area contributed by atoms with Gasteiger partial charge in [-0.2, -0.15) is 0 Å². The molecule has 1 atom stereocenters. The van der Waals surface area contributed by atoms with Gasteiger partial charge in [0.05, 0.1) is 11.8 Å². The third-order valence-corrected chi connectivity index (χ3v) is 4.76. The van der Waals surface area contributed by atoms with E-state index in [2.05, 4.69) is 54.7 Å². The van der Waals surface area contributed by atoms with Crippen LogP contribution in [0.15, 0.2) is 72.8 Å². The Morgan fingerprint density at radius 2 is 1.52 bits per heavy atom. The Morgan fingerprint density at radius 3 is 2.28 bits per heavy atom. The Balaban J connectivity index is 2.05. The molecule has 0 aliphatic rings. The van der Waals surface area contributed by atoms with Crippen LogP contribution in [0, 0.1) is 6.92 Å². The van der Waals surface area contributed by atoms with Gasteiger partial charge in [-0.05, 0) is 47.7 Å². The van der Waals surface area contributed by atoms with Crippen molar-refractivity contribution in [1.29, 1.82) is 0 Å². The number of anilines is 2. The molecule has 0 amide bonds. The van der Waals surface area contributed by atoms with Crippen LogP contribution in [0.5, 0.6) is 0 Å². The second-order valence-corrected chi connectivity index (χ2v) is 6.53. The lowest BCUT2D eigenvalue weighted by Gasteiger charge is -2.20. The van der Waals surface area contributed by atoms with Crippen molar-refractivity contribution in [1.82, 2.24) is 0 Å². The number of aryl methyl sites for hydroxylation is 1. The lowest BCUT2D eigenvalue weighted by Crippen LogP contribution is -2.03. The van der Waals surface area contributed by atoms with E-state index in [1.165, 1.54) is 16.2 Å². The largest absolute Gasteiger partial charge is 0.389 e. The number of rotatable bonds is 3. The van der Waals surface area contributed by atoms with Crippen LogP contribution in [0.25, 0.3) is 21.5 Å². The standard InChI is InChI=1S/C23H21NO/c1-15-14-21-19-11-7-6-8-17(19)12-13-20(21)23(22(15)16(2)25)24-18-9-4-3-5-10-18/h3-14,16,24-25H,1-2H3. The number of aliphatic hydroxyl groups is 1. The zero-order valence-electron chi connectivity index (χ0n) is 14.5.